The molecule has 2 aliphatic rings. The number of alkyl halides is 3. The molecule has 0 unspecified atom stereocenters. The first-order valence-electron chi connectivity index (χ1n) is 10.9. The third kappa shape index (κ3) is 4.43. The standard InChI is InChI=1S/C24H19F3N4O4S/c1-35-16-4-3-14(17(10-16)24(25,26)27)12-31-18-5-2-13(8-15(18)11-28-31)9-20-21(32)29-23(36-20)30-7-6-19(30)22(33)34/h2-5,8-11,19H,6-7,12H2,1H3,(H,33,34)/b20-9-/t19-/m0/s1. The first-order valence-corrected chi connectivity index (χ1v) is 11.7. The van der Waals surface area contributed by atoms with Gasteiger partial charge in [0.05, 0.1) is 35.8 Å². The van der Waals surface area contributed by atoms with Crippen molar-refractivity contribution in [1.29, 1.82) is 0 Å². The number of hydrogen-bond acceptors (Lipinski definition) is 6. The summed E-state index contributed by atoms with van der Waals surface area (Å²) in [6.07, 6.45) is -0.832. The summed E-state index contributed by atoms with van der Waals surface area (Å²) in [5.74, 6) is -1.27. The Hall–Kier alpha value is -3.80. The minimum Gasteiger partial charge on any atom is -0.497 e. The van der Waals surface area contributed by atoms with Gasteiger partial charge in [0.15, 0.2) is 5.17 Å². The van der Waals surface area contributed by atoms with Gasteiger partial charge < -0.3 is 14.7 Å². The average Bonchev–Trinajstić information content (AvgIpc) is 3.35. The van der Waals surface area contributed by atoms with E-state index >= 15 is 0 Å². The Labute approximate surface area is 207 Å². The number of amidine groups is 1. The Bertz CT molecular complexity index is 1450. The first kappa shape index (κ1) is 23.9. The summed E-state index contributed by atoms with van der Waals surface area (Å²) in [6, 6.07) is 8.40. The third-order valence-electron chi connectivity index (χ3n) is 6.07. The van der Waals surface area contributed by atoms with Crippen molar-refractivity contribution in [3.05, 3.63) is 64.2 Å². The van der Waals surface area contributed by atoms with Crippen LogP contribution < -0.4 is 4.74 Å². The van der Waals surface area contributed by atoms with Crippen LogP contribution in [0.3, 0.4) is 0 Å². The molecule has 2 aromatic carbocycles. The lowest BCUT2D eigenvalue weighted by Crippen LogP contribution is -2.54. The molecule has 0 radical (unpaired) electrons. The number of carboxylic acid groups (broad SMARTS) is 1. The zero-order valence-electron chi connectivity index (χ0n) is 18.8. The fourth-order valence-electron chi connectivity index (χ4n) is 4.11. The molecule has 3 aromatic rings. The van der Waals surface area contributed by atoms with Crippen molar-refractivity contribution in [1.82, 2.24) is 14.7 Å². The number of hydrogen-bond donors (Lipinski definition) is 1. The minimum atomic E-state index is -4.54. The summed E-state index contributed by atoms with van der Waals surface area (Å²) < 4.78 is 47.2. The van der Waals surface area contributed by atoms with Crippen LogP contribution >= 0.6 is 11.8 Å². The number of aliphatic carboxylic acids is 1. The van der Waals surface area contributed by atoms with Gasteiger partial charge in [0, 0.05) is 11.9 Å². The van der Waals surface area contributed by atoms with Gasteiger partial charge in [-0.25, -0.2) is 4.79 Å². The van der Waals surface area contributed by atoms with Crippen LogP contribution in [0.2, 0.25) is 0 Å². The first-order chi connectivity index (χ1) is 17.1. The number of carbonyl (C=O) groups is 2. The molecule has 36 heavy (non-hydrogen) atoms. The van der Waals surface area contributed by atoms with E-state index < -0.39 is 29.7 Å². The van der Waals surface area contributed by atoms with Crippen molar-refractivity contribution in [2.24, 2.45) is 4.99 Å². The second kappa shape index (κ2) is 9.01. The minimum absolute atomic E-state index is 0.0581. The van der Waals surface area contributed by atoms with Crippen LogP contribution in [-0.4, -0.2) is 56.5 Å². The molecule has 1 atom stereocenters. The number of likely N-dealkylation sites (tertiary alicyclic amines) is 1. The van der Waals surface area contributed by atoms with Gasteiger partial charge >= 0.3 is 12.1 Å². The second-order valence-electron chi connectivity index (χ2n) is 8.29. The van der Waals surface area contributed by atoms with Crippen LogP contribution in [0.1, 0.15) is 23.1 Å². The van der Waals surface area contributed by atoms with Gasteiger partial charge in [-0.1, -0.05) is 12.1 Å². The van der Waals surface area contributed by atoms with E-state index in [0.717, 1.165) is 17.8 Å². The molecule has 1 saturated heterocycles. The Morgan fingerprint density at radius 1 is 1.28 bits per heavy atom. The quantitative estimate of drug-likeness (QED) is 0.507. The molecular weight excluding hydrogens is 497 g/mol. The number of fused-ring (bicyclic) bond motifs is 1. The van der Waals surface area contributed by atoms with Gasteiger partial charge in [0.25, 0.3) is 5.91 Å². The predicted octanol–water partition coefficient (Wildman–Crippen LogP) is 4.24. The highest BCUT2D eigenvalue weighted by atomic mass is 32.2. The maximum Gasteiger partial charge on any atom is 0.416 e. The smallest absolute Gasteiger partial charge is 0.416 e. The molecule has 12 heteroatoms. The zero-order chi connectivity index (χ0) is 25.6. The molecule has 1 amide bonds. The number of ether oxygens (including phenoxy) is 1. The van der Waals surface area contributed by atoms with Crippen molar-refractivity contribution in [2.75, 3.05) is 13.7 Å². The van der Waals surface area contributed by atoms with Crippen molar-refractivity contribution in [3.8, 4) is 5.75 Å². The number of thioether (sulfide) groups is 1. The lowest BCUT2D eigenvalue weighted by molar-refractivity contribution is -0.145. The SMILES string of the molecule is COc1ccc(Cn2ncc3cc(/C=C4\SC(N5CC[C@H]5C(=O)O)=NC4=O)ccc32)c(C(F)(F)F)c1. The summed E-state index contributed by atoms with van der Waals surface area (Å²) in [5, 5.41) is 14.6. The van der Waals surface area contributed by atoms with Crippen molar-refractivity contribution < 1.29 is 32.6 Å². The molecule has 186 valence electrons. The largest absolute Gasteiger partial charge is 0.497 e. The number of aromatic nitrogens is 2. The summed E-state index contributed by atoms with van der Waals surface area (Å²) in [4.78, 5) is 29.6. The number of nitrogens with zero attached hydrogens (tertiary/aromatic N) is 4. The fraction of sp³-hybridized carbons (Fsp3) is 0.250. The molecule has 1 fully saturated rings. The van der Waals surface area contributed by atoms with E-state index in [1.165, 1.54) is 23.9 Å². The van der Waals surface area contributed by atoms with Gasteiger partial charge in [-0.05, 0) is 59.7 Å². The molecule has 1 N–H and O–H groups in total. The monoisotopic (exact) mass is 516 g/mol. The van der Waals surface area contributed by atoms with E-state index in [-0.39, 0.29) is 17.9 Å². The summed E-state index contributed by atoms with van der Waals surface area (Å²) in [7, 11) is 1.31. The molecule has 0 bridgehead atoms. The average molecular weight is 517 g/mol. The number of halogens is 3. The number of amides is 1. The van der Waals surface area contributed by atoms with Gasteiger partial charge in [0.1, 0.15) is 11.8 Å². The zero-order valence-corrected chi connectivity index (χ0v) is 19.6. The van der Waals surface area contributed by atoms with E-state index in [2.05, 4.69) is 10.1 Å². The molecule has 0 saturated carbocycles. The van der Waals surface area contributed by atoms with Crippen LogP contribution in [0.4, 0.5) is 13.2 Å². The maximum absolute atomic E-state index is 13.6. The van der Waals surface area contributed by atoms with E-state index in [1.807, 2.05) is 0 Å². The van der Waals surface area contributed by atoms with E-state index in [4.69, 9.17) is 4.74 Å². The highest BCUT2D eigenvalue weighted by Crippen LogP contribution is 2.36. The van der Waals surface area contributed by atoms with Crippen LogP contribution in [0.5, 0.6) is 5.75 Å². The summed E-state index contributed by atoms with van der Waals surface area (Å²) in [6.45, 7) is 0.438. The topological polar surface area (TPSA) is 97.0 Å². The number of aliphatic imine (C=N–C) groups is 1. The predicted molar refractivity (Wildman–Crippen MR) is 128 cm³/mol. The molecule has 2 aliphatic heterocycles. The summed E-state index contributed by atoms with van der Waals surface area (Å²) >= 11 is 1.12. The van der Waals surface area contributed by atoms with Crippen LogP contribution in [0, 0.1) is 0 Å². The molecule has 8 nitrogen and oxygen atoms in total. The molecular formula is C24H19F3N4O4S. The third-order valence-corrected chi connectivity index (χ3v) is 7.09. The van der Waals surface area contributed by atoms with E-state index in [9.17, 15) is 27.9 Å². The number of benzene rings is 2. The lowest BCUT2D eigenvalue weighted by atomic mass is 10.1. The van der Waals surface area contributed by atoms with Gasteiger partial charge in [-0.3, -0.25) is 9.48 Å². The van der Waals surface area contributed by atoms with Crippen LogP contribution in [0.15, 0.2) is 52.5 Å². The second-order valence-corrected chi connectivity index (χ2v) is 9.30. The number of carbonyl (C=O) groups excluding carboxylic acids is 1. The van der Waals surface area contributed by atoms with Crippen molar-refractivity contribution in [3.63, 3.8) is 0 Å². The molecule has 0 aliphatic carbocycles. The maximum atomic E-state index is 13.6. The van der Waals surface area contributed by atoms with E-state index in [1.54, 1.807) is 35.4 Å². The lowest BCUT2D eigenvalue weighted by Gasteiger charge is -2.38. The van der Waals surface area contributed by atoms with Crippen molar-refractivity contribution in [2.45, 2.75) is 25.2 Å². The van der Waals surface area contributed by atoms with Crippen LogP contribution in [0.25, 0.3) is 17.0 Å². The van der Waals surface area contributed by atoms with Gasteiger partial charge in [-0.2, -0.15) is 23.3 Å². The normalized spacial score (nSPS) is 19.1. The molecule has 5 rings (SSSR count). The number of carboxylic acids is 1. The molecule has 0 spiro atoms. The Morgan fingerprint density at radius 2 is 2.08 bits per heavy atom. The Morgan fingerprint density at radius 3 is 2.75 bits per heavy atom. The number of rotatable bonds is 5. The van der Waals surface area contributed by atoms with Gasteiger partial charge in [-0.15, -0.1) is 0 Å². The van der Waals surface area contributed by atoms with Crippen LogP contribution in [-0.2, 0) is 22.3 Å². The number of methoxy groups -OCH3 is 1. The fourth-order valence-corrected chi connectivity index (χ4v) is 5.10. The molecule has 3 heterocycles. The highest BCUT2D eigenvalue weighted by molar-refractivity contribution is 8.18. The Balaban J connectivity index is 1.37. The Kier molecular flexibility index (Phi) is 5.99. The highest BCUT2D eigenvalue weighted by Gasteiger charge is 2.39. The summed E-state index contributed by atoms with van der Waals surface area (Å²) in [5.41, 5.74) is 0.594. The molecule has 1 aromatic heterocycles. The van der Waals surface area contributed by atoms with Gasteiger partial charge in [0.2, 0.25) is 0 Å². The van der Waals surface area contributed by atoms with Crippen molar-refractivity contribution >= 4 is 45.8 Å². The van der Waals surface area contributed by atoms with E-state index in [0.29, 0.717) is 39.5 Å².